The predicted octanol–water partition coefficient (Wildman–Crippen LogP) is 6.44. The van der Waals surface area contributed by atoms with Crippen molar-refractivity contribution >= 4 is 9.47 Å². The van der Waals surface area contributed by atoms with E-state index in [0.717, 1.165) is 0 Å². The van der Waals surface area contributed by atoms with Gasteiger partial charge in [-0.15, -0.1) is 0 Å². The van der Waals surface area contributed by atoms with Crippen LogP contribution in [0.4, 0.5) is 0 Å². The highest BCUT2D eigenvalue weighted by molar-refractivity contribution is 7.08. The fourth-order valence-electron chi connectivity index (χ4n) is 3.69. The monoisotopic (exact) mass is 354 g/mol. The van der Waals surface area contributed by atoms with Crippen LogP contribution in [-0.2, 0) is 0 Å². The molecule has 26 heavy (non-hydrogen) atoms. The van der Waals surface area contributed by atoms with Gasteiger partial charge in [-0.25, -0.2) is 0 Å². The minimum absolute atomic E-state index is 1.40. The Morgan fingerprint density at radius 2 is 0.423 bits per heavy atom. The second kappa shape index (κ2) is 7.25. The Balaban J connectivity index is 0.000000118. The summed E-state index contributed by atoms with van der Waals surface area (Å²) in [6, 6.07) is 34.2. The Labute approximate surface area is 156 Å². The first kappa shape index (κ1) is 16.7. The Morgan fingerprint density at radius 1 is 0.308 bits per heavy atom. The van der Waals surface area contributed by atoms with Crippen molar-refractivity contribution in [2.75, 3.05) is 0 Å². The zero-order valence-electron chi connectivity index (χ0n) is 14.3. The van der Waals surface area contributed by atoms with Crippen LogP contribution in [0.1, 0.15) is 0 Å². The van der Waals surface area contributed by atoms with Crippen LogP contribution in [0.5, 0.6) is 0 Å². The third kappa shape index (κ3) is 2.66. The van der Waals surface area contributed by atoms with E-state index in [1.165, 1.54) is 54.0 Å². The van der Waals surface area contributed by atoms with Gasteiger partial charge in [0.15, 0.2) is 0 Å². The second-order valence-electron chi connectivity index (χ2n) is 6.18. The molecular formula is C24H19OP. The van der Waals surface area contributed by atoms with E-state index in [9.17, 15) is 0 Å². The van der Waals surface area contributed by atoms with Crippen molar-refractivity contribution < 1.29 is 4.89 Å². The molecule has 0 amide bonds. The number of rotatable bonds is 0. The summed E-state index contributed by atoms with van der Waals surface area (Å²) in [6.45, 7) is 0. The molecule has 0 saturated carbocycles. The van der Waals surface area contributed by atoms with Crippen LogP contribution in [0.2, 0.25) is 0 Å². The smallest absolute Gasteiger partial charge is 0.00391 e. The molecule has 0 bridgehead atoms. The third-order valence-corrected chi connectivity index (χ3v) is 4.87. The van der Waals surface area contributed by atoms with E-state index in [0.29, 0.717) is 0 Å². The molecule has 0 heterocycles. The van der Waals surface area contributed by atoms with Crippen LogP contribution in [0.25, 0.3) is 44.5 Å². The molecule has 2 heteroatoms. The maximum atomic E-state index is 6.92. The molecule has 1 unspecified atom stereocenters. The lowest BCUT2D eigenvalue weighted by molar-refractivity contribution is 0.664. The standard InChI is InChI=1S/2C12H8.H3OP/c2*1-2-6-10-9(5-1)11-7-3-4-8-12(10)11;1-2/h2*1-8H;1H,2H2. The maximum Gasteiger partial charge on any atom is -0.00391 e. The van der Waals surface area contributed by atoms with Crippen LogP contribution in [0, 0.1) is 0 Å². The molecular weight excluding hydrogens is 335 g/mol. The van der Waals surface area contributed by atoms with Crippen LogP contribution >= 0.6 is 9.47 Å². The molecule has 6 rings (SSSR count). The van der Waals surface area contributed by atoms with Crippen molar-refractivity contribution in [3.8, 4) is 44.5 Å². The number of hydrogen-bond acceptors (Lipinski definition) is 1. The molecule has 2 aliphatic carbocycles. The van der Waals surface area contributed by atoms with Gasteiger partial charge in [-0.05, 0) is 54.0 Å². The van der Waals surface area contributed by atoms with E-state index in [1.807, 2.05) is 0 Å². The van der Waals surface area contributed by atoms with Crippen molar-refractivity contribution in [2.24, 2.45) is 0 Å². The first-order valence-electron chi connectivity index (χ1n) is 8.57. The summed E-state index contributed by atoms with van der Waals surface area (Å²) in [5.74, 6) is 0. The Kier molecular flexibility index (Phi) is 4.67. The summed E-state index contributed by atoms with van der Waals surface area (Å²) >= 11 is 0. The molecule has 0 spiro atoms. The SMILES string of the molecule is OP.c1ccc2c(c1)-c1ccccc1-2.c1ccc2c(c1)-c1ccccc1-2. The van der Waals surface area contributed by atoms with E-state index >= 15 is 0 Å². The van der Waals surface area contributed by atoms with Gasteiger partial charge < -0.3 is 4.89 Å². The molecule has 4 aromatic carbocycles. The average Bonchev–Trinajstić information content (AvgIpc) is 2.72. The molecule has 1 atom stereocenters. The molecule has 1 N–H and O–H groups in total. The predicted molar refractivity (Wildman–Crippen MR) is 114 cm³/mol. The van der Waals surface area contributed by atoms with E-state index in [4.69, 9.17) is 4.89 Å². The van der Waals surface area contributed by atoms with Crippen molar-refractivity contribution in [1.29, 1.82) is 0 Å². The zero-order valence-corrected chi connectivity index (χ0v) is 15.4. The Morgan fingerprint density at radius 3 is 0.538 bits per heavy atom. The summed E-state index contributed by atoms with van der Waals surface area (Å²) in [7, 11) is 1.42. The molecule has 0 aromatic heterocycles. The zero-order chi connectivity index (χ0) is 17.9. The minimum atomic E-state index is 1.40. The van der Waals surface area contributed by atoms with E-state index in [1.54, 1.807) is 0 Å². The highest BCUT2D eigenvalue weighted by Crippen LogP contribution is 2.46. The number of benzene rings is 4. The minimum Gasteiger partial charge on any atom is -0.380 e. The van der Waals surface area contributed by atoms with Crippen molar-refractivity contribution in [3.63, 3.8) is 0 Å². The topological polar surface area (TPSA) is 20.2 Å². The molecule has 4 aromatic rings. The number of fused-ring (bicyclic) bond motifs is 8. The van der Waals surface area contributed by atoms with Gasteiger partial charge in [0.1, 0.15) is 0 Å². The highest BCUT2D eigenvalue weighted by Gasteiger charge is 2.20. The van der Waals surface area contributed by atoms with E-state index in [-0.39, 0.29) is 0 Å². The maximum absolute atomic E-state index is 6.92. The largest absolute Gasteiger partial charge is 0.380 e. The fourth-order valence-corrected chi connectivity index (χ4v) is 3.69. The molecule has 0 fully saturated rings. The summed E-state index contributed by atoms with van der Waals surface area (Å²) < 4.78 is 0. The van der Waals surface area contributed by atoms with Gasteiger partial charge >= 0.3 is 0 Å². The lowest BCUT2D eigenvalue weighted by Crippen LogP contribution is -1.96. The Hall–Kier alpha value is -2.73. The van der Waals surface area contributed by atoms with Crippen LogP contribution in [-0.4, -0.2) is 4.89 Å². The van der Waals surface area contributed by atoms with Gasteiger partial charge in [-0.2, -0.15) is 0 Å². The molecule has 126 valence electrons. The lowest BCUT2D eigenvalue weighted by atomic mass is 9.81. The van der Waals surface area contributed by atoms with Gasteiger partial charge in [0.2, 0.25) is 0 Å². The van der Waals surface area contributed by atoms with Gasteiger partial charge in [0, 0.05) is 0 Å². The first-order chi connectivity index (χ1) is 12.9. The first-order valence-corrected chi connectivity index (χ1v) is 9.08. The average molecular weight is 354 g/mol. The lowest BCUT2D eigenvalue weighted by Gasteiger charge is -2.22. The van der Waals surface area contributed by atoms with Crippen molar-refractivity contribution in [3.05, 3.63) is 97.1 Å². The summed E-state index contributed by atoms with van der Waals surface area (Å²) in [5, 5.41) is 0. The third-order valence-electron chi connectivity index (χ3n) is 4.87. The summed E-state index contributed by atoms with van der Waals surface area (Å²) in [5.41, 5.74) is 11.2. The summed E-state index contributed by atoms with van der Waals surface area (Å²) in [4.78, 5) is 6.92. The number of hydrogen-bond donors (Lipinski definition) is 1. The van der Waals surface area contributed by atoms with Crippen LogP contribution < -0.4 is 0 Å². The Bertz CT molecular complexity index is 782. The van der Waals surface area contributed by atoms with E-state index in [2.05, 4.69) is 97.1 Å². The molecule has 0 saturated heterocycles. The fraction of sp³-hybridized carbons (Fsp3) is 0. The van der Waals surface area contributed by atoms with Crippen LogP contribution in [0.15, 0.2) is 97.1 Å². The van der Waals surface area contributed by atoms with Gasteiger partial charge in [0.05, 0.1) is 0 Å². The van der Waals surface area contributed by atoms with Gasteiger partial charge in [-0.3, -0.25) is 0 Å². The summed E-state index contributed by atoms with van der Waals surface area (Å²) in [6.07, 6.45) is 0. The molecule has 1 nitrogen and oxygen atoms in total. The van der Waals surface area contributed by atoms with Gasteiger partial charge in [-0.1, -0.05) is 97.1 Å². The quantitative estimate of drug-likeness (QED) is 0.311. The molecule has 2 aliphatic rings. The molecule has 0 radical (unpaired) electrons. The van der Waals surface area contributed by atoms with Crippen molar-refractivity contribution in [1.82, 2.24) is 0 Å². The van der Waals surface area contributed by atoms with Crippen molar-refractivity contribution in [2.45, 2.75) is 0 Å². The molecule has 0 aliphatic heterocycles. The normalized spacial score (nSPS) is 10.7. The second-order valence-corrected chi connectivity index (χ2v) is 6.18. The highest BCUT2D eigenvalue weighted by atomic mass is 31.0. The van der Waals surface area contributed by atoms with Gasteiger partial charge in [0.25, 0.3) is 0 Å². The van der Waals surface area contributed by atoms with Crippen LogP contribution in [0.3, 0.4) is 0 Å². The van der Waals surface area contributed by atoms with E-state index < -0.39 is 0 Å².